The Balaban J connectivity index is 2.07. The predicted octanol–water partition coefficient (Wildman–Crippen LogP) is 3.42. The van der Waals surface area contributed by atoms with E-state index in [1.54, 1.807) is 19.1 Å². The van der Waals surface area contributed by atoms with Gasteiger partial charge >= 0.3 is 6.36 Å². The topological polar surface area (TPSA) is 51.5 Å². The van der Waals surface area contributed by atoms with Crippen molar-refractivity contribution in [1.82, 2.24) is 5.32 Å². The van der Waals surface area contributed by atoms with Crippen LogP contribution in [0.1, 0.15) is 21.7 Å². The van der Waals surface area contributed by atoms with Gasteiger partial charge in [0.25, 0.3) is 5.91 Å². The Morgan fingerprint density at radius 2 is 2.00 bits per heavy atom. The van der Waals surface area contributed by atoms with E-state index in [1.165, 1.54) is 24.5 Å². The number of alkyl halides is 3. The van der Waals surface area contributed by atoms with E-state index < -0.39 is 12.3 Å². The van der Waals surface area contributed by atoms with Crippen LogP contribution in [0.25, 0.3) is 0 Å². The van der Waals surface area contributed by atoms with Crippen LogP contribution in [0.5, 0.6) is 5.75 Å². The average Bonchev–Trinajstić information content (AvgIpc) is 2.82. The first-order valence-corrected chi connectivity index (χ1v) is 6.03. The molecule has 1 N–H and O–H groups in total. The van der Waals surface area contributed by atoms with Gasteiger partial charge in [-0.2, -0.15) is 0 Å². The van der Waals surface area contributed by atoms with Crippen molar-refractivity contribution in [3.8, 4) is 5.75 Å². The largest absolute Gasteiger partial charge is 0.573 e. The monoisotopic (exact) mass is 299 g/mol. The van der Waals surface area contributed by atoms with E-state index in [9.17, 15) is 18.0 Å². The molecule has 0 fully saturated rings. The van der Waals surface area contributed by atoms with E-state index >= 15 is 0 Å². The first-order valence-electron chi connectivity index (χ1n) is 6.03. The van der Waals surface area contributed by atoms with E-state index in [1.807, 2.05) is 0 Å². The van der Waals surface area contributed by atoms with E-state index in [4.69, 9.17) is 4.42 Å². The maximum Gasteiger partial charge on any atom is 0.573 e. The zero-order chi connectivity index (χ0) is 15.5. The van der Waals surface area contributed by atoms with Crippen molar-refractivity contribution in [2.24, 2.45) is 0 Å². The minimum absolute atomic E-state index is 0.106. The van der Waals surface area contributed by atoms with Gasteiger partial charge in [0.2, 0.25) is 0 Å². The molecule has 0 aliphatic heterocycles. The van der Waals surface area contributed by atoms with Crippen molar-refractivity contribution >= 4 is 5.91 Å². The van der Waals surface area contributed by atoms with E-state index in [0.717, 1.165) is 0 Å². The Morgan fingerprint density at radius 3 is 2.62 bits per heavy atom. The lowest BCUT2D eigenvalue weighted by Crippen LogP contribution is -2.24. The minimum Gasteiger partial charge on any atom is -0.459 e. The summed E-state index contributed by atoms with van der Waals surface area (Å²) in [5, 5.41) is 2.49. The summed E-state index contributed by atoms with van der Waals surface area (Å²) in [6.07, 6.45) is -3.41. The van der Waals surface area contributed by atoms with Gasteiger partial charge in [-0.25, -0.2) is 0 Å². The summed E-state index contributed by atoms with van der Waals surface area (Å²) >= 11 is 0. The maximum absolute atomic E-state index is 12.3. The molecule has 0 unspecified atom stereocenters. The van der Waals surface area contributed by atoms with Gasteiger partial charge in [-0.05, 0) is 19.1 Å². The van der Waals surface area contributed by atoms with Gasteiger partial charge in [0.1, 0.15) is 5.75 Å². The highest BCUT2D eigenvalue weighted by atomic mass is 19.4. The van der Waals surface area contributed by atoms with Gasteiger partial charge in [0.15, 0.2) is 5.76 Å². The zero-order valence-electron chi connectivity index (χ0n) is 11.0. The third-order valence-electron chi connectivity index (χ3n) is 2.71. The number of aryl methyl sites for hydroxylation is 1. The lowest BCUT2D eigenvalue weighted by Gasteiger charge is -2.13. The number of ether oxygens (including phenoxy) is 1. The van der Waals surface area contributed by atoms with Crippen LogP contribution in [-0.2, 0) is 6.54 Å². The summed E-state index contributed by atoms with van der Waals surface area (Å²) in [6, 6.07) is 7.23. The van der Waals surface area contributed by atoms with Crippen LogP contribution < -0.4 is 10.1 Å². The van der Waals surface area contributed by atoms with Gasteiger partial charge in [0, 0.05) is 17.7 Å². The Labute approximate surface area is 118 Å². The second-order valence-corrected chi connectivity index (χ2v) is 4.27. The molecular formula is C14H12F3NO3. The summed E-state index contributed by atoms with van der Waals surface area (Å²) < 4.78 is 45.7. The number of nitrogens with one attached hydrogen (secondary N) is 1. The first-order chi connectivity index (χ1) is 9.87. The highest BCUT2D eigenvalue weighted by Crippen LogP contribution is 2.26. The minimum atomic E-state index is -4.78. The second kappa shape index (κ2) is 5.90. The second-order valence-electron chi connectivity index (χ2n) is 4.27. The molecule has 0 aliphatic carbocycles. The molecule has 0 radical (unpaired) electrons. The van der Waals surface area contributed by atoms with E-state index in [-0.39, 0.29) is 23.6 Å². The Bertz CT molecular complexity index is 634. The van der Waals surface area contributed by atoms with E-state index in [2.05, 4.69) is 10.1 Å². The fourth-order valence-corrected chi connectivity index (χ4v) is 1.74. The molecule has 21 heavy (non-hydrogen) atoms. The molecule has 0 bridgehead atoms. The fraction of sp³-hybridized carbons (Fsp3) is 0.214. The number of halogens is 3. The molecule has 0 aliphatic rings. The molecule has 4 nitrogen and oxygen atoms in total. The average molecular weight is 299 g/mol. The first kappa shape index (κ1) is 15.0. The van der Waals surface area contributed by atoms with Gasteiger partial charge in [-0.15, -0.1) is 13.2 Å². The van der Waals surface area contributed by atoms with Crippen LogP contribution in [0.15, 0.2) is 41.0 Å². The number of furan rings is 1. The molecule has 112 valence electrons. The fourth-order valence-electron chi connectivity index (χ4n) is 1.74. The maximum atomic E-state index is 12.3. The van der Waals surface area contributed by atoms with Crippen molar-refractivity contribution in [3.05, 3.63) is 53.5 Å². The SMILES string of the molecule is Cc1ccoc1C(=O)NCc1ccccc1OC(F)(F)F. The molecule has 0 saturated heterocycles. The van der Waals surface area contributed by atoms with Crippen LogP contribution in [0.2, 0.25) is 0 Å². The van der Waals surface area contributed by atoms with Crippen LogP contribution in [0.3, 0.4) is 0 Å². The number of para-hydroxylation sites is 1. The number of hydrogen-bond donors (Lipinski definition) is 1. The van der Waals surface area contributed by atoms with Gasteiger partial charge in [0.05, 0.1) is 6.26 Å². The Kier molecular flexibility index (Phi) is 4.21. The van der Waals surface area contributed by atoms with Crippen molar-refractivity contribution < 1.29 is 27.1 Å². The molecule has 7 heteroatoms. The molecule has 0 spiro atoms. The van der Waals surface area contributed by atoms with Crippen molar-refractivity contribution in [1.29, 1.82) is 0 Å². The molecule has 1 aromatic carbocycles. The highest BCUT2D eigenvalue weighted by molar-refractivity contribution is 5.92. The van der Waals surface area contributed by atoms with Crippen LogP contribution in [0, 0.1) is 6.92 Å². The molecule has 1 aromatic heterocycles. The smallest absolute Gasteiger partial charge is 0.459 e. The number of amides is 1. The number of hydrogen-bond acceptors (Lipinski definition) is 3. The molecule has 1 amide bonds. The Morgan fingerprint density at radius 1 is 1.29 bits per heavy atom. The Hall–Kier alpha value is -2.44. The summed E-state index contributed by atoms with van der Waals surface area (Å²) in [5.74, 6) is -0.718. The standard InChI is InChI=1S/C14H12F3NO3/c1-9-6-7-20-12(9)13(19)18-8-10-4-2-3-5-11(10)21-14(15,16)17/h2-7H,8H2,1H3,(H,18,19). The van der Waals surface area contributed by atoms with E-state index in [0.29, 0.717) is 5.56 Å². The number of carbonyl (C=O) groups is 1. The molecule has 1 heterocycles. The molecule has 2 rings (SSSR count). The number of benzene rings is 1. The third kappa shape index (κ3) is 4.01. The zero-order valence-corrected chi connectivity index (χ0v) is 11.0. The van der Waals surface area contributed by atoms with Gasteiger partial charge in [-0.3, -0.25) is 4.79 Å². The molecule has 0 atom stereocenters. The summed E-state index contributed by atoms with van der Waals surface area (Å²) in [5.41, 5.74) is 0.861. The normalized spacial score (nSPS) is 11.2. The summed E-state index contributed by atoms with van der Waals surface area (Å²) in [7, 11) is 0. The predicted molar refractivity (Wildman–Crippen MR) is 67.7 cm³/mol. The highest BCUT2D eigenvalue weighted by Gasteiger charge is 2.32. The lowest BCUT2D eigenvalue weighted by molar-refractivity contribution is -0.274. The van der Waals surface area contributed by atoms with Crippen molar-refractivity contribution in [2.75, 3.05) is 0 Å². The molecule has 0 saturated carbocycles. The summed E-state index contributed by atoms with van der Waals surface area (Å²) in [6.45, 7) is 1.59. The number of rotatable bonds is 4. The van der Waals surface area contributed by atoms with Crippen molar-refractivity contribution in [2.45, 2.75) is 19.8 Å². The quantitative estimate of drug-likeness (QED) is 0.941. The number of carbonyl (C=O) groups excluding carboxylic acids is 1. The lowest BCUT2D eigenvalue weighted by atomic mass is 10.2. The van der Waals surface area contributed by atoms with Crippen LogP contribution in [-0.4, -0.2) is 12.3 Å². The molecule has 2 aromatic rings. The van der Waals surface area contributed by atoms with Gasteiger partial charge < -0.3 is 14.5 Å². The molecular weight excluding hydrogens is 287 g/mol. The van der Waals surface area contributed by atoms with Crippen LogP contribution in [0.4, 0.5) is 13.2 Å². The summed E-state index contributed by atoms with van der Waals surface area (Å²) in [4.78, 5) is 11.8. The van der Waals surface area contributed by atoms with Crippen LogP contribution >= 0.6 is 0 Å². The van der Waals surface area contributed by atoms with Gasteiger partial charge in [-0.1, -0.05) is 18.2 Å². The van der Waals surface area contributed by atoms with Crippen molar-refractivity contribution in [3.63, 3.8) is 0 Å². The third-order valence-corrected chi connectivity index (χ3v) is 2.71.